The first-order valence-corrected chi connectivity index (χ1v) is 7.84. The lowest BCUT2D eigenvalue weighted by Gasteiger charge is -2.17. The van der Waals surface area contributed by atoms with Gasteiger partial charge in [0, 0.05) is 17.6 Å². The molecule has 0 atom stereocenters. The fourth-order valence-electron chi connectivity index (χ4n) is 2.57. The summed E-state index contributed by atoms with van der Waals surface area (Å²) in [6.07, 6.45) is 0.848. The predicted molar refractivity (Wildman–Crippen MR) is 98.3 cm³/mol. The number of hydrogen-bond donors (Lipinski definition) is 1. The Morgan fingerprint density at radius 3 is 2.39 bits per heavy atom. The number of nitrogens with zero attached hydrogens (tertiary/aromatic N) is 1. The van der Waals surface area contributed by atoms with Crippen LogP contribution in [0, 0.1) is 0 Å². The fraction of sp³-hybridized carbons (Fsp3) is 0.389. The number of benzene rings is 2. The molecule has 0 spiro atoms. The fourth-order valence-corrected chi connectivity index (χ4v) is 2.57. The van der Waals surface area contributed by atoms with E-state index in [1.54, 1.807) is 12.1 Å². The van der Waals surface area contributed by atoms with E-state index in [-0.39, 0.29) is 18.4 Å². The van der Waals surface area contributed by atoms with Crippen molar-refractivity contribution in [3.05, 3.63) is 42.0 Å². The molecule has 23 heavy (non-hydrogen) atoms. The third-order valence-electron chi connectivity index (χ3n) is 3.92. The Balaban J connectivity index is 0.00000264. The molecule has 0 radical (unpaired) electrons. The van der Waals surface area contributed by atoms with E-state index < -0.39 is 0 Å². The second-order valence-corrected chi connectivity index (χ2v) is 5.26. The molecule has 0 heterocycles. The molecule has 0 aliphatic carbocycles. The Morgan fingerprint density at radius 2 is 1.74 bits per heavy atom. The molecule has 2 aromatic carbocycles. The topological polar surface area (TPSA) is 55.6 Å². The van der Waals surface area contributed by atoms with Crippen LogP contribution in [0.5, 0.6) is 0 Å². The van der Waals surface area contributed by atoms with Crippen molar-refractivity contribution in [3.63, 3.8) is 0 Å². The standard InChI is InChI=1S/C18H24N2O2.ClH/c1-3-20(4-2)12-7-13-22-18(21)16-10-11-17(19)15-9-6-5-8-14(15)16;/h5-6,8-11H,3-4,7,12-13,19H2,1-2H3;1H. The van der Waals surface area contributed by atoms with Crippen molar-refractivity contribution in [2.45, 2.75) is 20.3 Å². The summed E-state index contributed by atoms with van der Waals surface area (Å²) in [4.78, 5) is 14.6. The lowest BCUT2D eigenvalue weighted by atomic mass is 10.0. The van der Waals surface area contributed by atoms with Gasteiger partial charge in [-0.05, 0) is 37.0 Å². The van der Waals surface area contributed by atoms with Crippen molar-refractivity contribution >= 4 is 34.8 Å². The third-order valence-corrected chi connectivity index (χ3v) is 3.92. The molecule has 4 nitrogen and oxygen atoms in total. The van der Waals surface area contributed by atoms with Crippen LogP contribution in [-0.2, 0) is 4.74 Å². The quantitative estimate of drug-likeness (QED) is 0.475. The van der Waals surface area contributed by atoms with Gasteiger partial charge in [0.15, 0.2) is 0 Å². The number of ether oxygens (including phenoxy) is 1. The Hall–Kier alpha value is -1.78. The number of nitrogens with two attached hydrogens (primary N) is 1. The van der Waals surface area contributed by atoms with Gasteiger partial charge < -0.3 is 15.4 Å². The van der Waals surface area contributed by atoms with Gasteiger partial charge in [-0.1, -0.05) is 38.1 Å². The summed E-state index contributed by atoms with van der Waals surface area (Å²) in [6, 6.07) is 11.1. The minimum Gasteiger partial charge on any atom is -0.462 e. The molecule has 0 saturated carbocycles. The summed E-state index contributed by atoms with van der Waals surface area (Å²) in [5, 5.41) is 1.73. The van der Waals surface area contributed by atoms with Gasteiger partial charge >= 0.3 is 5.97 Å². The average Bonchev–Trinajstić information content (AvgIpc) is 2.55. The number of fused-ring (bicyclic) bond motifs is 1. The maximum absolute atomic E-state index is 12.3. The number of carbonyl (C=O) groups is 1. The first-order chi connectivity index (χ1) is 10.7. The molecule has 0 aliphatic heterocycles. The molecule has 0 unspecified atom stereocenters. The number of esters is 1. The van der Waals surface area contributed by atoms with Gasteiger partial charge in [0.25, 0.3) is 0 Å². The van der Waals surface area contributed by atoms with Crippen molar-refractivity contribution in [1.82, 2.24) is 4.90 Å². The molecule has 5 heteroatoms. The van der Waals surface area contributed by atoms with Gasteiger partial charge in [-0.2, -0.15) is 0 Å². The molecular weight excluding hydrogens is 312 g/mol. The van der Waals surface area contributed by atoms with Crippen LogP contribution in [0.4, 0.5) is 5.69 Å². The highest BCUT2D eigenvalue weighted by molar-refractivity contribution is 6.07. The smallest absolute Gasteiger partial charge is 0.338 e. The molecule has 0 aliphatic rings. The molecule has 0 saturated heterocycles. The van der Waals surface area contributed by atoms with E-state index in [1.165, 1.54) is 0 Å². The largest absolute Gasteiger partial charge is 0.462 e. The van der Waals surface area contributed by atoms with Gasteiger partial charge in [-0.15, -0.1) is 12.4 Å². The van der Waals surface area contributed by atoms with Crippen LogP contribution in [0.3, 0.4) is 0 Å². The van der Waals surface area contributed by atoms with Crippen LogP contribution < -0.4 is 5.73 Å². The normalized spacial score (nSPS) is 10.6. The lowest BCUT2D eigenvalue weighted by molar-refractivity contribution is 0.0492. The molecule has 2 rings (SSSR count). The van der Waals surface area contributed by atoms with Crippen LogP contribution in [0.1, 0.15) is 30.6 Å². The van der Waals surface area contributed by atoms with Crippen LogP contribution in [0.25, 0.3) is 10.8 Å². The lowest BCUT2D eigenvalue weighted by Crippen LogP contribution is -2.25. The number of anilines is 1. The molecule has 2 aromatic rings. The van der Waals surface area contributed by atoms with Crippen molar-refractivity contribution in [3.8, 4) is 0 Å². The van der Waals surface area contributed by atoms with Gasteiger partial charge in [0.05, 0.1) is 12.2 Å². The zero-order chi connectivity index (χ0) is 15.9. The van der Waals surface area contributed by atoms with Crippen LogP contribution in [0.2, 0.25) is 0 Å². The number of halogens is 1. The van der Waals surface area contributed by atoms with E-state index in [2.05, 4.69) is 18.7 Å². The summed E-state index contributed by atoms with van der Waals surface area (Å²) in [6.45, 7) is 7.70. The Bertz CT molecular complexity index is 642. The van der Waals surface area contributed by atoms with E-state index >= 15 is 0 Å². The molecular formula is C18H25ClN2O2. The minimum atomic E-state index is -0.282. The summed E-state index contributed by atoms with van der Waals surface area (Å²) in [7, 11) is 0. The highest BCUT2D eigenvalue weighted by Crippen LogP contribution is 2.25. The van der Waals surface area contributed by atoms with Crippen molar-refractivity contribution in [2.24, 2.45) is 0 Å². The summed E-state index contributed by atoms with van der Waals surface area (Å²) in [5.74, 6) is -0.282. The summed E-state index contributed by atoms with van der Waals surface area (Å²) in [5.41, 5.74) is 7.20. The highest BCUT2D eigenvalue weighted by Gasteiger charge is 2.12. The third kappa shape index (κ3) is 4.85. The highest BCUT2D eigenvalue weighted by atomic mass is 35.5. The summed E-state index contributed by atoms with van der Waals surface area (Å²) >= 11 is 0. The second kappa shape index (κ2) is 9.38. The number of nitrogen functional groups attached to an aromatic ring is 1. The Labute approximate surface area is 144 Å². The van der Waals surface area contributed by atoms with E-state index in [9.17, 15) is 4.79 Å². The van der Waals surface area contributed by atoms with Gasteiger partial charge in [-0.25, -0.2) is 4.79 Å². The molecule has 0 amide bonds. The minimum absolute atomic E-state index is 0. The van der Waals surface area contributed by atoms with Crippen LogP contribution >= 0.6 is 12.4 Å². The maximum atomic E-state index is 12.3. The van der Waals surface area contributed by atoms with Gasteiger partial charge in [-0.3, -0.25) is 0 Å². The van der Waals surface area contributed by atoms with E-state index in [0.29, 0.717) is 17.9 Å². The summed E-state index contributed by atoms with van der Waals surface area (Å²) < 4.78 is 5.41. The molecule has 0 fully saturated rings. The zero-order valence-electron chi connectivity index (χ0n) is 13.7. The number of carbonyl (C=O) groups excluding carboxylic acids is 1. The van der Waals surface area contributed by atoms with Crippen molar-refractivity contribution < 1.29 is 9.53 Å². The van der Waals surface area contributed by atoms with Crippen LogP contribution in [0.15, 0.2) is 36.4 Å². The second-order valence-electron chi connectivity index (χ2n) is 5.26. The molecule has 2 N–H and O–H groups in total. The van der Waals surface area contributed by atoms with Crippen LogP contribution in [-0.4, -0.2) is 37.1 Å². The van der Waals surface area contributed by atoms with Crippen molar-refractivity contribution in [1.29, 1.82) is 0 Å². The monoisotopic (exact) mass is 336 g/mol. The first kappa shape index (κ1) is 19.3. The SMILES string of the molecule is CCN(CC)CCCOC(=O)c1ccc(N)c2ccccc12.Cl. The van der Waals surface area contributed by atoms with Gasteiger partial charge in [0.2, 0.25) is 0 Å². The van der Waals surface area contributed by atoms with Crippen molar-refractivity contribution in [2.75, 3.05) is 32.0 Å². The molecule has 0 aromatic heterocycles. The number of rotatable bonds is 7. The average molecular weight is 337 g/mol. The Morgan fingerprint density at radius 1 is 1.09 bits per heavy atom. The first-order valence-electron chi connectivity index (χ1n) is 7.84. The zero-order valence-corrected chi connectivity index (χ0v) is 14.6. The van der Waals surface area contributed by atoms with E-state index in [0.717, 1.165) is 36.8 Å². The molecule has 0 bridgehead atoms. The maximum Gasteiger partial charge on any atom is 0.338 e. The predicted octanol–water partition coefficient (Wildman–Crippen LogP) is 3.73. The molecule has 126 valence electrons. The number of hydrogen-bond acceptors (Lipinski definition) is 4. The van der Waals surface area contributed by atoms with E-state index in [4.69, 9.17) is 10.5 Å². The Kier molecular flexibility index (Phi) is 7.86. The van der Waals surface area contributed by atoms with Gasteiger partial charge in [0.1, 0.15) is 0 Å². The van der Waals surface area contributed by atoms with E-state index in [1.807, 2.05) is 24.3 Å².